The highest BCUT2D eigenvalue weighted by molar-refractivity contribution is 7.23. The molecule has 0 N–H and O–H groups in total. The van der Waals surface area contributed by atoms with Crippen molar-refractivity contribution in [3.63, 3.8) is 0 Å². The SMILES string of the molecule is CCN(CC)c1ccc(/C=C/C=C/c2ccc(-c3ccc(C(C#N)=C(C#N)C#N)s3)s2)cc1. The molecule has 2 aromatic heterocycles. The third kappa shape index (κ3) is 5.88. The zero-order valence-electron chi connectivity index (χ0n) is 18.4. The number of benzene rings is 1. The van der Waals surface area contributed by atoms with Gasteiger partial charge < -0.3 is 4.90 Å². The van der Waals surface area contributed by atoms with Gasteiger partial charge in [0.2, 0.25) is 0 Å². The van der Waals surface area contributed by atoms with Crippen LogP contribution in [0.1, 0.15) is 29.2 Å². The molecule has 0 aliphatic rings. The van der Waals surface area contributed by atoms with Crippen LogP contribution in [0.4, 0.5) is 5.69 Å². The fourth-order valence-corrected chi connectivity index (χ4v) is 5.27. The lowest BCUT2D eigenvalue weighted by Crippen LogP contribution is -2.21. The molecule has 0 unspecified atom stereocenters. The van der Waals surface area contributed by atoms with Gasteiger partial charge in [-0.15, -0.1) is 22.7 Å². The van der Waals surface area contributed by atoms with E-state index >= 15 is 0 Å². The van der Waals surface area contributed by atoms with Crippen LogP contribution in [0.15, 0.2) is 66.3 Å². The van der Waals surface area contributed by atoms with Crippen LogP contribution in [0.5, 0.6) is 0 Å². The molecule has 2 heterocycles. The van der Waals surface area contributed by atoms with Crippen LogP contribution >= 0.6 is 22.7 Å². The van der Waals surface area contributed by atoms with Crippen LogP contribution < -0.4 is 4.90 Å². The second kappa shape index (κ2) is 11.7. The van der Waals surface area contributed by atoms with Gasteiger partial charge in [-0.2, -0.15) is 15.8 Å². The predicted octanol–water partition coefficient (Wildman–Crippen LogP) is 7.37. The van der Waals surface area contributed by atoms with E-state index in [1.807, 2.05) is 30.4 Å². The highest BCUT2D eigenvalue weighted by atomic mass is 32.1. The lowest BCUT2D eigenvalue weighted by atomic mass is 10.1. The van der Waals surface area contributed by atoms with Gasteiger partial charge in [0.15, 0.2) is 0 Å². The smallest absolute Gasteiger partial charge is 0.148 e. The minimum atomic E-state index is -0.157. The second-order valence-corrected chi connectivity index (χ2v) is 9.13. The molecule has 33 heavy (non-hydrogen) atoms. The summed E-state index contributed by atoms with van der Waals surface area (Å²) in [6.45, 7) is 6.33. The van der Waals surface area contributed by atoms with Crippen LogP contribution in [0.2, 0.25) is 0 Å². The molecule has 162 valence electrons. The van der Waals surface area contributed by atoms with Crippen molar-refractivity contribution in [2.45, 2.75) is 13.8 Å². The molecule has 6 heteroatoms. The Balaban J connectivity index is 1.68. The molecule has 0 aliphatic carbocycles. The number of rotatable bonds is 8. The maximum Gasteiger partial charge on any atom is 0.148 e. The van der Waals surface area contributed by atoms with Crippen LogP contribution in [0.25, 0.3) is 27.5 Å². The molecule has 0 radical (unpaired) electrons. The summed E-state index contributed by atoms with van der Waals surface area (Å²) >= 11 is 3.06. The predicted molar refractivity (Wildman–Crippen MR) is 139 cm³/mol. The highest BCUT2D eigenvalue weighted by Crippen LogP contribution is 2.36. The Kier molecular flexibility index (Phi) is 8.39. The zero-order chi connectivity index (χ0) is 23.6. The van der Waals surface area contributed by atoms with Crippen molar-refractivity contribution in [2.75, 3.05) is 18.0 Å². The van der Waals surface area contributed by atoms with Crippen molar-refractivity contribution in [3.05, 3.63) is 81.6 Å². The summed E-state index contributed by atoms with van der Waals surface area (Å²) in [5, 5.41) is 27.5. The van der Waals surface area contributed by atoms with E-state index in [9.17, 15) is 5.26 Å². The van der Waals surface area contributed by atoms with Crippen molar-refractivity contribution in [1.29, 1.82) is 15.8 Å². The lowest BCUT2D eigenvalue weighted by molar-refractivity contribution is 0.866. The Morgan fingerprint density at radius 3 is 2.06 bits per heavy atom. The van der Waals surface area contributed by atoms with Crippen LogP contribution in [0.3, 0.4) is 0 Å². The van der Waals surface area contributed by atoms with E-state index < -0.39 is 0 Å². The largest absolute Gasteiger partial charge is 0.372 e. The fourth-order valence-electron chi connectivity index (χ4n) is 3.25. The number of hydrogen-bond donors (Lipinski definition) is 0. The molecule has 3 rings (SSSR count). The molecule has 1 aromatic carbocycles. The molecule has 0 saturated heterocycles. The number of nitrogens with zero attached hydrogens (tertiary/aromatic N) is 4. The summed E-state index contributed by atoms with van der Waals surface area (Å²) in [4.78, 5) is 6.15. The van der Waals surface area contributed by atoms with Gasteiger partial charge in [-0.25, -0.2) is 0 Å². The van der Waals surface area contributed by atoms with E-state index in [0.717, 1.165) is 33.3 Å². The first kappa shape index (κ1) is 23.8. The van der Waals surface area contributed by atoms with E-state index in [0.29, 0.717) is 4.88 Å². The van der Waals surface area contributed by atoms with Crippen molar-refractivity contribution < 1.29 is 0 Å². The first-order valence-corrected chi connectivity index (χ1v) is 12.1. The third-order valence-electron chi connectivity index (χ3n) is 4.99. The molecule has 0 fully saturated rings. The Labute approximate surface area is 202 Å². The second-order valence-electron chi connectivity index (χ2n) is 6.93. The number of anilines is 1. The van der Waals surface area contributed by atoms with Crippen molar-refractivity contribution in [3.8, 4) is 28.0 Å². The summed E-state index contributed by atoms with van der Waals surface area (Å²) in [6.07, 6.45) is 8.20. The quantitative estimate of drug-likeness (QED) is 0.256. The Bertz CT molecular complexity index is 1300. The first-order chi connectivity index (χ1) is 16.1. The molecule has 4 nitrogen and oxygen atoms in total. The van der Waals surface area contributed by atoms with E-state index in [2.05, 4.69) is 61.2 Å². The molecule has 0 spiro atoms. The monoisotopic (exact) mass is 466 g/mol. The number of allylic oxidation sites excluding steroid dienone is 4. The average molecular weight is 467 g/mol. The zero-order valence-corrected chi connectivity index (χ0v) is 20.1. The molecular formula is C27H22N4S2. The summed E-state index contributed by atoms with van der Waals surface area (Å²) < 4.78 is 0. The molecule has 0 aliphatic heterocycles. The van der Waals surface area contributed by atoms with Crippen molar-refractivity contribution in [1.82, 2.24) is 0 Å². The number of hydrogen-bond acceptors (Lipinski definition) is 6. The standard InChI is InChI=1S/C27H22N4S2/c1-3-31(4-2)22-11-9-20(10-12-22)7-5-6-8-23-13-14-26(32-23)27-16-15-25(33-27)24(19-30)21(17-28)18-29/h5-16H,3-4H2,1-2H3/b7-5+,8-6+. The molecular weight excluding hydrogens is 444 g/mol. The maximum atomic E-state index is 9.34. The Morgan fingerprint density at radius 1 is 0.788 bits per heavy atom. The third-order valence-corrected chi connectivity index (χ3v) is 7.34. The highest BCUT2D eigenvalue weighted by Gasteiger charge is 2.13. The fraction of sp³-hybridized carbons (Fsp3) is 0.148. The van der Waals surface area contributed by atoms with E-state index in [1.165, 1.54) is 17.0 Å². The Morgan fingerprint density at radius 2 is 1.42 bits per heavy atom. The summed E-state index contributed by atoms with van der Waals surface area (Å²) in [7, 11) is 0. The van der Waals surface area contributed by atoms with Gasteiger partial charge in [-0.3, -0.25) is 0 Å². The van der Waals surface area contributed by atoms with Gasteiger partial charge in [-0.1, -0.05) is 30.4 Å². The van der Waals surface area contributed by atoms with Crippen LogP contribution in [0, 0.1) is 34.0 Å². The minimum Gasteiger partial charge on any atom is -0.372 e. The number of nitriles is 3. The molecule has 0 saturated carbocycles. The van der Waals surface area contributed by atoms with Crippen molar-refractivity contribution in [2.24, 2.45) is 0 Å². The van der Waals surface area contributed by atoms with Gasteiger partial charge in [0.05, 0.1) is 5.57 Å². The maximum absolute atomic E-state index is 9.34. The number of thiophene rings is 2. The summed E-state index contributed by atoms with van der Waals surface area (Å²) in [6, 6.07) is 21.9. The van der Waals surface area contributed by atoms with Gasteiger partial charge in [0, 0.05) is 38.3 Å². The molecule has 0 bridgehead atoms. The molecule has 3 aromatic rings. The van der Waals surface area contributed by atoms with Crippen LogP contribution in [-0.2, 0) is 0 Å². The lowest BCUT2D eigenvalue weighted by Gasteiger charge is -2.20. The molecule has 0 amide bonds. The van der Waals surface area contributed by atoms with Gasteiger partial charge in [-0.05, 0) is 61.9 Å². The first-order valence-electron chi connectivity index (χ1n) is 10.5. The van der Waals surface area contributed by atoms with Gasteiger partial charge >= 0.3 is 0 Å². The van der Waals surface area contributed by atoms with E-state index in [-0.39, 0.29) is 11.1 Å². The normalized spacial score (nSPS) is 10.6. The van der Waals surface area contributed by atoms with Crippen molar-refractivity contribution >= 4 is 46.1 Å². The minimum absolute atomic E-state index is 0.128. The van der Waals surface area contributed by atoms with Crippen LogP contribution in [-0.4, -0.2) is 13.1 Å². The van der Waals surface area contributed by atoms with Gasteiger partial charge in [0.25, 0.3) is 0 Å². The van der Waals surface area contributed by atoms with Gasteiger partial charge in [0.1, 0.15) is 23.8 Å². The summed E-state index contributed by atoms with van der Waals surface area (Å²) in [5.41, 5.74) is 2.37. The van der Waals surface area contributed by atoms with E-state index in [4.69, 9.17) is 10.5 Å². The molecule has 0 atom stereocenters. The average Bonchev–Trinajstić information content (AvgIpc) is 3.52. The topological polar surface area (TPSA) is 74.6 Å². The van der Waals surface area contributed by atoms with E-state index in [1.54, 1.807) is 29.5 Å². The Hall–Kier alpha value is -3.89. The summed E-state index contributed by atoms with van der Waals surface area (Å²) in [5.74, 6) is 0.